The van der Waals surface area contributed by atoms with Gasteiger partial charge in [0.15, 0.2) is 0 Å². The van der Waals surface area contributed by atoms with E-state index < -0.39 is 0 Å². The highest BCUT2D eigenvalue weighted by Crippen LogP contribution is 2.31. The smallest absolute Gasteiger partial charge is 0.135 e. The normalized spacial score (nSPS) is 9.92. The largest absolute Gasteiger partial charge is 0.495 e. The molecule has 0 saturated carbocycles. The standard InChI is InChI=1S/C11H9OS/c1-12-10-6-3-2-5-9(10)11-7-4-8-13-11/h2-5,7-8H,1H3. The van der Waals surface area contributed by atoms with Gasteiger partial charge in [-0.15, -0.1) is 11.3 Å². The summed E-state index contributed by atoms with van der Waals surface area (Å²) in [5.74, 6) is 0.810. The first-order valence-electron chi connectivity index (χ1n) is 4.00. The Bertz CT molecular complexity index is 379. The molecule has 1 aromatic carbocycles. The molecule has 0 aliphatic rings. The minimum Gasteiger partial charge on any atom is -0.495 e. The van der Waals surface area contributed by atoms with E-state index in [-0.39, 0.29) is 0 Å². The Hall–Kier alpha value is -1.28. The summed E-state index contributed by atoms with van der Waals surface area (Å²) in [7, 11) is 1.67. The van der Waals surface area contributed by atoms with E-state index >= 15 is 0 Å². The molecule has 0 N–H and O–H groups in total. The molecule has 2 aromatic rings. The summed E-state index contributed by atoms with van der Waals surface area (Å²) >= 11 is 1.71. The van der Waals surface area contributed by atoms with Crippen molar-refractivity contribution in [2.75, 3.05) is 7.11 Å². The number of benzene rings is 1. The van der Waals surface area contributed by atoms with Crippen LogP contribution in [-0.4, -0.2) is 7.11 Å². The van der Waals surface area contributed by atoms with E-state index in [1.165, 1.54) is 4.88 Å². The third-order valence-corrected chi connectivity index (χ3v) is 2.71. The molecule has 2 heteroatoms. The molecule has 0 bridgehead atoms. The number of ether oxygens (including phenoxy) is 1. The summed E-state index contributed by atoms with van der Waals surface area (Å²) < 4.78 is 5.22. The minimum absolute atomic E-state index is 0.810. The molecule has 0 aliphatic carbocycles. The lowest BCUT2D eigenvalue weighted by Crippen LogP contribution is -1.85. The van der Waals surface area contributed by atoms with Crippen molar-refractivity contribution in [3.05, 3.63) is 41.8 Å². The Morgan fingerprint density at radius 3 is 2.92 bits per heavy atom. The fourth-order valence-corrected chi connectivity index (χ4v) is 1.96. The van der Waals surface area contributed by atoms with E-state index in [9.17, 15) is 0 Å². The number of rotatable bonds is 2. The molecule has 0 atom stereocenters. The molecule has 1 nitrogen and oxygen atoms in total. The SMILES string of the molecule is COc1[c]cccc1-c1cccs1. The molecular weight excluding hydrogens is 180 g/mol. The summed E-state index contributed by atoms with van der Waals surface area (Å²) in [6, 6.07) is 13.0. The van der Waals surface area contributed by atoms with Crippen molar-refractivity contribution in [2.45, 2.75) is 0 Å². The zero-order chi connectivity index (χ0) is 9.10. The molecule has 1 aromatic heterocycles. The second-order valence-corrected chi connectivity index (χ2v) is 3.54. The lowest BCUT2D eigenvalue weighted by Gasteiger charge is -2.04. The zero-order valence-electron chi connectivity index (χ0n) is 7.28. The first-order valence-corrected chi connectivity index (χ1v) is 4.88. The molecule has 0 fully saturated rings. The van der Waals surface area contributed by atoms with Crippen LogP contribution in [-0.2, 0) is 0 Å². The monoisotopic (exact) mass is 189 g/mol. The summed E-state index contributed by atoms with van der Waals surface area (Å²) in [4.78, 5) is 1.22. The molecule has 1 heterocycles. The Labute approximate surface area is 81.6 Å². The summed E-state index contributed by atoms with van der Waals surface area (Å²) in [6.07, 6.45) is 0. The fourth-order valence-electron chi connectivity index (χ4n) is 1.22. The molecule has 0 spiro atoms. The second-order valence-electron chi connectivity index (χ2n) is 2.59. The Kier molecular flexibility index (Phi) is 2.32. The number of thiophene rings is 1. The minimum atomic E-state index is 0.810. The molecule has 1 radical (unpaired) electrons. The van der Waals surface area contributed by atoms with Crippen molar-refractivity contribution in [1.29, 1.82) is 0 Å². The predicted octanol–water partition coefficient (Wildman–Crippen LogP) is 3.22. The van der Waals surface area contributed by atoms with Gasteiger partial charge in [-0.3, -0.25) is 0 Å². The highest BCUT2D eigenvalue weighted by atomic mass is 32.1. The van der Waals surface area contributed by atoms with Gasteiger partial charge < -0.3 is 4.74 Å². The number of methoxy groups -OCH3 is 1. The van der Waals surface area contributed by atoms with Crippen LogP contribution in [0.4, 0.5) is 0 Å². The second kappa shape index (κ2) is 3.62. The molecular formula is C11H9OS. The van der Waals surface area contributed by atoms with Crippen LogP contribution in [0.15, 0.2) is 35.7 Å². The maximum Gasteiger partial charge on any atom is 0.135 e. The first kappa shape index (κ1) is 8.32. The molecule has 2 rings (SSSR count). The molecule has 0 saturated heterocycles. The van der Waals surface area contributed by atoms with Crippen molar-refractivity contribution >= 4 is 11.3 Å². The average molecular weight is 189 g/mol. The van der Waals surface area contributed by atoms with Gasteiger partial charge in [0.25, 0.3) is 0 Å². The zero-order valence-corrected chi connectivity index (χ0v) is 8.10. The van der Waals surface area contributed by atoms with Crippen molar-refractivity contribution in [1.82, 2.24) is 0 Å². The number of para-hydroxylation sites is 1. The molecule has 0 aliphatic heterocycles. The summed E-state index contributed by atoms with van der Waals surface area (Å²) in [5.41, 5.74) is 1.11. The van der Waals surface area contributed by atoms with E-state index in [1.54, 1.807) is 18.4 Å². The fraction of sp³-hybridized carbons (Fsp3) is 0.0909. The summed E-state index contributed by atoms with van der Waals surface area (Å²) in [6.45, 7) is 0. The first-order chi connectivity index (χ1) is 6.42. The van der Waals surface area contributed by atoms with Crippen LogP contribution in [0.3, 0.4) is 0 Å². The van der Waals surface area contributed by atoms with Gasteiger partial charge in [-0.2, -0.15) is 0 Å². The maximum absolute atomic E-state index is 5.22. The van der Waals surface area contributed by atoms with Gasteiger partial charge in [0.05, 0.1) is 7.11 Å². The average Bonchev–Trinajstić information content (AvgIpc) is 2.70. The van der Waals surface area contributed by atoms with E-state index in [4.69, 9.17) is 4.74 Å². The van der Waals surface area contributed by atoms with E-state index in [1.807, 2.05) is 24.3 Å². The van der Waals surface area contributed by atoms with Gasteiger partial charge in [0.1, 0.15) is 5.75 Å². The maximum atomic E-state index is 5.22. The molecule has 65 valence electrons. The van der Waals surface area contributed by atoms with Crippen LogP contribution in [0.25, 0.3) is 10.4 Å². The third kappa shape index (κ3) is 1.58. The van der Waals surface area contributed by atoms with Crippen molar-refractivity contribution < 1.29 is 4.74 Å². The van der Waals surface area contributed by atoms with Crippen LogP contribution >= 0.6 is 11.3 Å². The van der Waals surface area contributed by atoms with Crippen molar-refractivity contribution in [2.24, 2.45) is 0 Å². The predicted molar refractivity (Wildman–Crippen MR) is 55.1 cm³/mol. The van der Waals surface area contributed by atoms with Gasteiger partial charge in [0, 0.05) is 16.5 Å². The Morgan fingerprint density at radius 2 is 2.23 bits per heavy atom. The van der Waals surface area contributed by atoms with E-state index in [2.05, 4.69) is 17.5 Å². The van der Waals surface area contributed by atoms with Gasteiger partial charge in [0.2, 0.25) is 0 Å². The third-order valence-electron chi connectivity index (χ3n) is 1.81. The van der Waals surface area contributed by atoms with Crippen LogP contribution in [0.2, 0.25) is 0 Å². The van der Waals surface area contributed by atoms with Gasteiger partial charge in [-0.05, 0) is 17.5 Å². The lowest BCUT2D eigenvalue weighted by molar-refractivity contribution is 0.415. The van der Waals surface area contributed by atoms with Crippen LogP contribution in [0.1, 0.15) is 0 Å². The van der Waals surface area contributed by atoms with Gasteiger partial charge in [-0.25, -0.2) is 0 Å². The lowest BCUT2D eigenvalue weighted by atomic mass is 10.2. The van der Waals surface area contributed by atoms with Crippen molar-refractivity contribution in [3.63, 3.8) is 0 Å². The van der Waals surface area contributed by atoms with Crippen molar-refractivity contribution in [3.8, 4) is 16.2 Å². The van der Waals surface area contributed by atoms with Gasteiger partial charge in [-0.1, -0.05) is 18.2 Å². The van der Waals surface area contributed by atoms with Crippen LogP contribution in [0.5, 0.6) is 5.75 Å². The highest BCUT2D eigenvalue weighted by molar-refractivity contribution is 7.13. The highest BCUT2D eigenvalue weighted by Gasteiger charge is 2.04. The molecule has 0 amide bonds. The number of hydrogen-bond acceptors (Lipinski definition) is 2. The molecule has 0 unspecified atom stereocenters. The Morgan fingerprint density at radius 1 is 1.31 bits per heavy atom. The quantitative estimate of drug-likeness (QED) is 0.704. The summed E-state index contributed by atoms with van der Waals surface area (Å²) in [5, 5.41) is 2.06. The van der Waals surface area contributed by atoms with Crippen LogP contribution in [0, 0.1) is 6.07 Å². The number of hydrogen-bond donors (Lipinski definition) is 0. The Balaban J connectivity index is 2.51. The molecule has 13 heavy (non-hydrogen) atoms. The van der Waals surface area contributed by atoms with Crippen LogP contribution < -0.4 is 4.74 Å². The van der Waals surface area contributed by atoms with E-state index in [0.717, 1.165) is 11.3 Å². The topological polar surface area (TPSA) is 9.23 Å². The van der Waals surface area contributed by atoms with E-state index in [0.29, 0.717) is 0 Å². The van der Waals surface area contributed by atoms with Gasteiger partial charge >= 0.3 is 0 Å².